The first kappa shape index (κ1) is 12.4. The number of anilines is 1. The van der Waals surface area contributed by atoms with Crippen LogP contribution in [0.5, 0.6) is 0 Å². The maximum absolute atomic E-state index is 11.5. The smallest absolute Gasteiger partial charge is 0.406 e. The fourth-order valence-electron chi connectivity index (χ4n) is 2.06. The summed E-state index contributed by atoms with van der Waals surface area (Å²) in [5.74, 6) is 0.120. The van der Waals surface area contributed by atoms with E-state index in [4.69, 9.17) is 0 Å². The van der Waals surface area contributed by atoms with E-state index < -0.39 is 6.09 Å². The third-order valence-corrected chi connectivity index (χ3v) is 3.09. The number of benzene rings is 1. The van der Waals surface area contributed by atoms with E-state index in [0.717, 1.165) is 23.2 Å². The Morgan fingerprint density at radius 3 is 3.00 bits per heavy atom. The Kier molecular flexibility index (Phi) is 3.50. The number of carbonyl (C=O) groups excluding carboxylic acids is 2. The molecule has 0 radical (unpaired) electrons. The van der Waals surface area contributed by atoms with Crippen LogP contribution in [0.1, 0.15) is 11.1 Å². The predicted octanol–water partition coefficient (Wildman–Crippen LogP) is 1.10. The molecule has 0 spiro atoms. The second-order valence-electron chi connectivity index (χ2n) is 4.26. The zero-order valence-electron chi connectivity index (χ0n) is 10.5. The highest BCUT2D eigenvalue weighted by atomic mass is 16.5. The van der Waals surface area contributed by atoms with Crippen LogP contribution in [0, 0.1) is 0 Å². The van der Waals surface area contributed by atoms with Gasteiger partial charge < -0.3 is 15.0 Å². The van der Waals surface area contributed by atoms with Crippen LogP contribution in [0.3, 0.4) is 0 Å². The number of methoxy groups -OCH3 is 1. The molecule has 1 aliphatic rings. The Bertz CT molecular complexity index is 485. The number of nitrogens with one attached hydrogen (secondary N) is 1. The number of alkyl carbamates (subject to hydrolysis) is 1. The summed E-state index contributed by atoms with van der Waals surface area (Å²) in [6.45, 7) is 0.523. The average Bonchev–Trinajstić information content (AvgIpc) is 2.64. The molecule has 18 heavy (non-hydrogen) atoms. The second-order valence-corrected chi connectivity index (χ2v) is 4.26. The Hall–Kier alpha value is -2.04. The van der Waals surface area contributed by atoms with Crippen molar-refractivity contribution in [3.05, 3.63) is 29.3 Å². The molecule has 1 aliphatic heterocycles. The normalized spacial score (nSPS) is 13.4. The summed E-state index contributed by atoms with van der Waals surface area (Å²) in [4.78, 5) is 24.1. The van der Waals surface area contributed by atoms with Crippen molar-refractivity contribution in [1.82, 2.24) is 5.32 Å². The van der Waals surface area contributed by atoms with E-state index in [1.165, 1.54) is 7.11 Å². The fourth-order valence-corrected chi connectivity index (χ4v) is 2.06. The van der Waals surface area contributed by atoms with Crippen LogP contribution in [0.2, 0.25) is 0 Å². The quantitative estimate of drug-likeness (QED) is 0.871. The van der Waals surface area contributed by atoms with E-state index in [2.05, 4.69) is 10.1 Å². The second kappa shape index (κ2) is 5.08. The summed E-state index contributed by atoms with van der Waals surface area (Å²) in [5, 5.41) is 2.63. The molecule has 0 saturated heterocycles. The summed E-state index contributed by atoms with van der Waals surface area (Å²) in [5.41, 5.74) is 3.14. The van der Waals surface area contributed by atoms with Crippen LogP contribution in [-0.4, -0.2) is 32.7 Å². The number of rotatable bonds is 3. The van der Waals surface area contributed by atoms with E-state index >= 15 is 0 Å². The molecule has 1 N–H and O–H groups in total. The topological polar surface area (TPSA) is 58.6 Å². The average molecular weight is 248 g/mol. The highest BCUT2D eigenvalue weighted by Crippen LogP contribution is 2.28. The molecule has 0 saturated carbocycles. The van der Waals surface area contributed by atoms with Crippen molar-refractivity contribution in [2.75, 3.05) is 25.6 Å². The van der Waals surface area contributed by atoms with E-state index in [1.807, 2.05) is 18.2 Å². The third kappa shape index (κ3) is 2.45. The molecule has 2 amide bonds. The van der Waals surface area contributed by atoms with Crippen molar-refractivity contribution in [3.8, 4) is 0 Å². The minimum absolute atomic E-state index is 0.120. The Morgan fingerprint density at radius 2 is 2.28 bits per heavy atom. The number of fused-ring (bicyclic) bond motifs is 1. The van der Waals surface area contributed by atoms with E-state index in [0.29, 0.717) is 13.0 Å². The summed E-state index contributed by atoms with van der Waals surface area (Å²) < 4.78 is 4.49. The molecule has 1 aromatic rings. The molecule has 0 unspecified atom stereocenters. The van der Waals surface area contributed by atoms with Gasteiger partial charge in [-0.15, -0.1) is 0 Å². The number of nitrogens with zero attached hydrogens (tertiary/aromatic N) is 1. The minimum Gasteiger partial charge on any atom is -0.453 e. The summed E-state index contributed by atoms with van der Waals surface area (Å²) >= 11 is 0. The summed E-state index contributed by atoms with van der Waals surface area (Å²) in [6, 6.07) is 5.95. The van der Waals surface area contributed by atoms with Crippen LogP contribution in [0.4, 0.5) is 10.5 Å². The van der Waals surface area contributed by atoms with Gasteiger partial charge in [0.1, 0.15) is 0 Å². The third-order valence-electron chi connectivity index (χ3n) is 3.09. The van der Waals surface area contributed by atoms with Gasteiger partial charge in [-0.25, -0.2) is 4.79 Å². The molecule has 0 aliphatic carbocycles. The first-order valence-electron chi connectivity index (χ1n) is 5.82. The van der Waals surface area contributed by atoms with Crippen LogP contribution in [0.15, 0.2) is 18.2 Å². The molecule has 0 aromatic heterocycles. The van der Waals surface area contributed by atoms with Crippen molar-refractivity contribution in [3.63, 3.8) is 0 Å². The van der Waals surface area contributed by atoms with Crippen molar-refractivity contribution in [2.45, 2.75) is 12.8 Å². The molecule has 96 valence electrons. The van der Waals surface area contributed by atoms with E-state index in [9.17, 15) is 9.59 Å². The number of carbonyl (C=O) groups is 2. The van der Waals surface area contributed by atoms with Gasteiger partial charge in [-0.05, 0) is 23.6 Å². The molecule has 5 nitrogen and oxygen atoms in total. The van der Waals surface area contributed by atoms with Gasteiger partial charge in [0.15, 0.2) is 0 Å². The molecule has 1 heterocycles. The van der Waals surface area contributed by atoms with Gasteiger partial charge in [-0.2, -0.15) is 0 Å². The van der Waals surface area contributed by atoms with E-state index in [1.54, 1.807) is 11.9 Å². The van der Waals surface area contributed by atoms with Crippen LogP contribution >= 0.6 is 0 Å². The monoisotopic (exact) mass is 248 g/mol. The molecule has 0 atom stereocenters. The van der Waals surface area contributed by atoms with Gasteiger partial charge >= 0.3 is 6.09 Å². The predicted molar refractivity (Wildman–Crippen MR) is 67.7 cm³/mol. The minimum atomic E-state index is -0.425. The number of ether oxygens (including phenoxy) is 1. The SMILES string of the molecule is COC(=O)NCCc1ccc2c(c1)CC(=O)N2C. The number of hydrogen-bond donors (Lipinski definition) is 1. The maximum Gasteiger partial charge on any atom is 0.406 e. The number of hydrogen-bond acceptors (Lipinski definition) is 3. The zero-order chi connectivity index (χ0) is 13.1. The number of amides is 2. The van der Waals surface area contributed by atoms with Gasteiger partial charge in [-0.1, -0.05) is 12.1 Å². The standard InChI is InChI=1S/C13H16N2O3/c1-15-11-4-3-9(5-6-14-13(17)18-2)7-10(11)8-12(15)16/h3-4,7H,5-6,8H2,1-2H3,(H,14,17). The molecule has 5 heteroatoms. The molecular formula is C13H16N2O3. The first-order valence-corrected chi connectivity index (χ1v) is 5.82. The highest BCUT2D eigenvalue weighted by Gasteiger charge is 2.23. The molecule has 2 rings (SSSR count). The maximum atomic E-state index is 11.5. The van der Waals surface area contributed by atoms with Crippen LogP contribution in [0.25, 0.3) is 0 Å². The van der Waals surface area contributed by atoms with E-state index in [-0.39, 0.29) is 5.91 Å². The Labute approximate surface area is 106 Å². The molecule has 0 bridgehead atoms. The van der Waals surface area contributed by atoms with Crippen molar-refractivity contribution >= 4 is 17.7 Å². The Morgan fingerprint density at radius 1 is 1.50 bits per heavy atom. The van der Waals surface area contributed by atoms with Crippen LogP contribution < -0.4 is 10.2 Å². The zero-order valence-corrected chi connectivity index (χ0v) is 10.5. The lowest BCUT2D eigenvalue weighted by Gasteiger charge is -2.10. The van der Waals surface area contributed by atoms with Crippen LogP contribution in [-0.2, 0) is 22.4 Å². The lowest BCUT2D eigenvalue weighted by atomic mass is 10.1. The van der Waals surface area contributed by atoms with Crippen molar-refractivity contribution < 1.29 is 14.3 Å². The molecule has 0 fully saturated rings. The molecule has 1 aromatic carbocycles. The van der Waals surface area contributed by atoms with Gasteiger partial charge in [0.05, 0.1) is 13.5 Å². The van der Waals surface area contributed by atoms with Crippen molar-refractivity contribution in [2.24, 2.45) is 0 Å². The highest BCUT2D eigenvalue weighted by molar-refractivity contribution is 6.00. The summed E-state index contributed by atoms with van der Waals surface area (Å²) in [6.07, 6.45) is 0.760. The fraction of sp³-hybridized carbons (Fsp3) is 0.385. The van der Waals surface area contributed by atoms with Crippen molar-refractivity contribution in [1.29, 1.82) is 0 Å². The van der Waals surface area contributed by atoms with Gasteiger partial charge in [-0.3, -0.25) is 4.79 Å². The molecular weight excluding hydrogens is 232 g/mol. The lowest BCUT2D eigenvalue weighted by Crippen LogP contribution is -2.25. The summed E-state index contributed by atoms with van der Waals surface area (Å²) in [7, 11) is 3.12. The van der Waals surface area contributed by atoms with Gasteiger partial charge in [0.25, 0.3) is 0 Å². The lowest BCUT2D eigenvalue weighted by molar-refractivity contribution is -0.117. The van der Waals surface area contributed by atoms with Gasteiger partial charge in [0, 0.05) is 19.3 Å². The first-order chi connectivity index (χ1) is 8.61. The largest absolute Gasteiger partial charge is 0.453 e. The Balaban J connectivity index is 1.98. The number of likely N-dealkylation sites (N-methyl/N-ethyl adjacent to an activating group) is 1. The van der Waals surface area contributed by atoms with Gasteiger partial charge in [0.2, 0.25) is 5.91 Å².